The zero-order valence-electron chi connectivity index (χ0n) is 13.1. The van der Waals surface area contributed by atoms with E-state index in [1.807, 2.05) is 20.8 Å². The van der Waals surface area contributed by atoms with E-state index in [0.29, 0.717) is 51.1 Å². The highest BCUT2D eigenvalue weighted by molar-refractivity contribution is 9.09. The molecule has 0 bridgehead atoms. The first-order valence-corrected chi connectivity index (χ1v) is 8.17. The molecule has 0 aliphatic rings. The van der Waals surface area contributed by atoms with Gasteiger partial charge in [0.15, 0.2) is 0 Å². The Balaban J connectivity index is 3.26. The molecule has 0 radical (unpaired) electrons. The van der Waals surface area contributed by atoms with Crippen LogP contribution in [0.1, 0.15) is 33.6 Å². The highest BCUT2D eigenvalue weighted by atomic mass is 79.9. The molecular weight excluding hydrogens is 342 g/mol. The monoisotopic (exact) mass is 367 g/mol. The highest BCUT2D eigenvalue weighted by Gasteiger charge is 2.15. The van der Waals surface area contributed by atoms with Gasteiger partial charge in [-0.25, -0.2) is 0 Å². The lowest BCUT2D eigenvalue weighted by molar-refractivity contribution is -0.155. The standard InChI is InChI=1S/C14H26BrNO5/c1-14(2,3)21-13(18)5-4-7-19-9-10-20-8-6-16-12(17)11-15/h4-11H2,1-3H3,(H,16,17). The van der Waals surface area contributed by atoms with Crippen molar-refractivity contribution in [1.29, 1.82) is 0 Å². The van der Waals surface area contributed by atoms with Crippen molar-refractivity contribution in [2.24, 2.45) is 0 Å². The molecule has 21 heavy (non-hydrogen) atoms. The van der Waals surface area contributed by atoms with Gasteiger partial charge in [-0.05, 0) is 27.2 Å². The second kappa shape index (κ2) is 11.9. The van der Waals surface area contributed by atoms with Gasteiger partial charge in [0.1, 0.15) is 5.60 Å². The van der Waals surface area contributed by atoms with Crippen LogP contribution in [0.3, 0.4) is 0 Å². The Morgan fingerprint density at radius 2 is 1.67 bits per heavy atom. The number of rotatable bonds is 11. The van der Waals surface area contributed by atoms with Crippen molar-refractivity contribution in [2.45, 2.75) is 39.2 Å². The predicted octanol–water partition coefficient (Wildman–Crippen LogP) is 1.65. The maximum atomic E-state index is 11.4. The molecule has 0 heterocycles. The smallest absolute Gasteiger partial charge is 0.306 e. The topological polar surface area (TPSA) is 73.9 Å². The zero-order valence-corrected chi connectivity index (χ0v) is 14.7. The summed E-state index contributed by atoms with van der Waals surface area (Å²) in [6, 6.07) is 0. The first-order chi connectivity index (χ1) is 9.85. The van der Waals surface area contributed by atoms with E-state index in [2.05, 4.69) is 21.2 Å². The summed E-state index contributed by atoms with van der Waals surface area (Å²) in [5.74, 6) is -0.262. The van der Waals surface area contributed by atoms with Crippen LogP contribution >= 0.6 is 15.9 Å². The minimum atomic E-state index is -0.435. The SMILES string of the molecule is CC(C)(C)OC(=O)CCCOCCOCCNC(=O)CBr. The Kier molecular flexibility index (Phi) is 11.6. The van der Waals surface area contributed by atoms with Gasteiger partial charge in [-0.1, -0.05) is 15.9 Å². The van der Waals surface area contributed by atoms with E-state index in [0.717, 1.165) is 0 Å². The van der Waals surface area contributed by atoms with Crippen LogP contribution in [-0.4, -0.2) is 55.8 Å². The predicted molar refractivity (Wildman–Crippen MR) is 83.5 cm³/mol. The van der Waals surface area contributed by atoms with Crippen LogP contribution in [0.5, 0.6) is 0 Å². The lowest BCUT2D eigenvalue weighted by Gasteiger charge is -2.19. The van der Waals surface area contributed by atoms with Gasteiger partial charge in [-0.2, -0.15) is 0 Å². The molecule has 124 valence electrons. The van der Waals surface area contributed by atoms with Crippen molar-refractivity contribution in [3.63, 3.8) is 0 Å². The average molecular weight is 368 g/mol. The van der Waals surface area contributed by atoms with Crippen molar-refractivity contribution in [1.82, 2.24) is 5.32 Å². The number of halogens is 1. The zero-order chi connectivity index (χ0) is 16.1. The number of alkyl halides is 1. The maximum Gasteiger partial charge on any atom is 0.306 e. The summed E-state index contributed by atoms with van der Waals surface area (Å²) >= 11 is 3.05. The molecule has 1 amide bonds. The third kappa shape index (κ3) is 15.5. The molecule has 0 aromatic carbocycles. The second-order valence-electron chi connectivity index (χ2n) is 5.40. The van der Waals surface area contributed by atoms with Gasteiger partial charge in [-0.3, -0.25) is 9.59 Å². The summed E-state index contributed by atoms with van der Waals surface area (Å²) in [5, 5.41) is 2.97. The Labute approximate surface area is 135 Å². The fourth-order valence-electron chi connectivity index (χ4n) is 1.34. The molecule has 0 aliphatic heterocycles. The van der Waals surface area contributed by atoms with E-state index in [4.69, 9.17) is 14.2 Å². The van der Waals surface area contributed by atoms with Crippen molar-refractivity contribution in [2.75, 3.05) is 38.3 Å². The molecule has 0 atom stereocenters. The molecule has 0 unspecified atom stereocenters. The highest BCUT2D eigenvalue weighted by Crippen LogP contribution is 2.08. The number of nitrogens with one attached hydrogen (secondary N) is 1. The summed E-state index contributed by atoms with van der Waals surface area (Å²) in [5.41, 5.74) is -0.435. The third-order valence-electron chi connectivity index (χ3n) is 2.15. The Morgan fingerprint density at radius 3 is 2.24 bits per heavy atom. The molecule has 0 spiro atoms. The molecule has 7 heteroatoms. The van der Waals surface area contributed by atoms with Crippen molar-refractivity contribution >= 4 is 27.8 Å². The van der Waals surface area contributed by atoms with Crippen LogP contribution in [0.15, 0.2) is 0 Å². The number of esters is 1. The number of carbonyl (C=O) groups excluding carboxylic acids is 2. The van der Waals surface area contributed by atoms with Crippen molar-refractivity contribution in [3.05, 3.63) is 0 Å². The van der Waals surface area contributed by atoms with Crippen LogP contribution < -0.4 is 5.32 Å². The molecule has 0 saturated carbocycles. The van der Waals surface area contributed by atoms with Crippen LogP contribution in [0.25, 0.3) is 0 Å². The molecule has 0 fully saturated rings. The summed E-state index contributed by atoms with van der Waals surface area (Å²) in [6.07, 6.45) is 0.993. The quantitative estimate of drug-likeness (QED) is 0.341. The summed E-state index contributed by atoms with van der Waals surface area (Å²) in [6.45, 7) is 7.93. The Morgan fingerprint density at radius 1 is 1.05 bits per heavy atom. The molecule has 6 nitrogen and oxygen atoms in total. The number of amides is 1. The van der Waals surface area contributed by atoms with Gasteiger partial charge in [0.2, 0.25) is 5.91 Å². The van der Waals surface area contributed by atoms with Gasteiger partial charge in [0.05, 0.1) is 25.2 Å². The van der Waals surface area contributed by atoms with Crippen molar-refractivity contribution in [3.8, 4) is 0 Å². The first kappa shape index (κ1) is 20.3. The van der Waals surface area contributed by atoms with E-state index in [9.17, 15) is 9.59 Å². The van der Waals surface area contributed by atoms with E-state index in [1.165, 1.54) is 0 Å². The number of hydrogen-bond acceptors (Lipinski definition) is 5. The Hall–Kier alpha value is -0.660. The van der Waals surface area contributed by atoms with E-state index < -0.39 is 5.60 Å². The largest absolute Gasteiger partial charge is 0.460 e. The van der Waals surface area contributed by atoms with Gasteiger partial charge in [0.25, 0.3) is 0 Å². The molecular formula is C14H26BrNO5. The van der Waals surface area contributed by atoms with E-state index in [-0.39, 0.29) is 11.9 Å². The summed E-state index contributed by atoms with van der Waals surface area (Å²) in [7, 11) is 0. The third-order valence-corrected chi connectivity index (χ3v) is 2.66. The molecule has 0 rings (SSSR count). The fourth-order valence-corrected chi connectivity index (χ4v) is 1.54. The Bertz CT molecular complexity index is 304. The van der Waals surface area contributed by atoms with E-state index >= 15 is 0 Å². The van der Waals surface area contributed by atoms with Crippen LogP contribution in [0.2, 0.25) is 0 Å². The normalized spacial score (nSPS) is 11.2. The first-order valence-electron chi connectivity index (χ1n) is 7.05. The van der Waals surface area contributed by atoms with Crippen LogP contribution in [-0.2, 0) is 23.8 Å². The molecule has 0 saturated heterocycles. The summed E-state index contributed by atoms with van der Waals surface area (Å²) < 4.78 is 15.8. The fraction of sp³-hybridized carbons (Fsp3) is 0.857. The van der Waals surface area contributed by atoms with Gasteiger partial charge >= 0.3 is 5.97 Å². The van der Waals surface area contributed by atoms with Crippen LogP contribution in [0.4, 0.5) is 0 Å². The molecule has 0 aromatic heterocycles. The van der Waals surface area contributed by atoms with Gasteiger partial charge < -0.3 is 19.5 Å². The molecule has 0 aliphatic carbocycles. The lowest BCUT2D eigenvalue weighted by Crippen LogP contribution is -2.28. The average Bonchev–Trinajstić information content (AvgIpc) is 2.38. The van der Waals surface area contributed by atoms with E-state index in [1.54, 1.807) is 0 Å². The molecule has 0 aromatic rings. The number of hydrogen-bond donors (Lipinski definition) is 1. The van der Waals surface area contributed by atoms with Crippen molar-refractivity contribution < 1.29 is 23.8 Å². The van der Waals surface area contributed by atoms with Gasteiger partial charge in [-0.15, -0.1) is 0 Å². The minimum absolute atomic E-state index is 0.0583. The minimum Gasteiger partial charge on any atom is -0.460 e. The number of carbonyl (C=O) groups is 2. The maximum absolute atomic E-state index is 11.4. The number of ether oxygens (including phenoxy) is 3. The van der Waals surface area contributed by atoms with Gasteiger partial charge in [0, 0.05) is 19.6 Å². The van der Waals surface area contributed by atoms with Crippen LogP contribution in [0, 0.1) is 0 Å². The summed E-state index contributed by atoms with van der Waals surface area (Å²) in [4.78, 5) is 22.3. The lowest BCUT2D eigenvalue weighted by atomic mass is 10.2. The second-order valence-corrected chi connectivity index (χ2v) is 5.96. The molecule has 1 N–H and O–H groups in total.